The van der Waals surface area contributed by atoms with Crippen LogP contribution in [0.5, 0.6) is 11.5 Å². The molecule has 1 unspecified atom stereocenters. The highest BCUT2D eigenvalue weighted by molar-refractivity contribution is 7.93. The standard InChI is InChI=1S/C33H33N5O7S/c1-43-24-7-9-25(10-8-24)46(41,42)38-28-11-5-22(20-34)18-26(28)33(32(38)40,37-15-3-4-29(37)31-36-14-17-45-31)27-19-23(21-35-13-16-39)6-12-30(27)44-2/h5-12,14,17-19,29,35,39H,3-4,13,15-16,21H2,1-2H3/t29-,33?/m0/s1. The summed E-state index contributed by atoms with van der Waals surface area (Å²) in [6.07, 6.45) is 4.26. The third-order valence-electron chi connectivity index (χ3n) is 8.52. The Hall–Kier alpha value is -4.74. The summed E-state index contributed by atoms with van der Waals surface area (Å²) in [4.78, 5) is 21.7. The predicted molar refractivity (Wildman–Crippen MR) is 167 cm³/mol. The van der Waals surface area contributed by atoms with Crippen molar-refractivity contribution >= 4 is 21.6 Å². The lowest BCUT2D eigenvalue weighted by Crippen LogP contribution is -2.54. The van der Waals surface area contributed by atoms with E-state index in [9.17, 15) is 18.8 Å². The summed E-state index contributed by atoms with van der Waals surface area (Å²) in [5, 5.41) is 22.5. The highest BCUT2D eigenvalue weighted by Gasteiger charge is 2.62. The molecule has 0 spiro atoms. The minimum absolute atomic E-state index is 0.0560. The van der Waals surface area contributed by atoms with Crippen molar-refractivity contribution < 1.29 is 32.2 Å². The number of aromatic nitrogens is 1. The van der Waals surface area contributed by atoms with Gasteiger partial charge in [0.2, 0.25) is 5.89 Å². The maximum absolute atomic E-state index is 15.4. The molecule has 238 valence electrons. The smallest absolute Gasteiger partial charge is 0.271 e. The summed E-state index contributed by atoms with van der Waals surface area (Å²) in [7, 11) is -1.51. The molecule has 2 atom stereocenters. The maximum Gasteiger partial charge on any atom is 0.271 e. The van der Waals surface area contributed by atoms with Crippen molar-refractivity contribution in [2.24, 2.45) is 0 Å². The van der Waals surface area contributed by atoms with Gasteiger partial charge in [0.1, 0.15) is 17.8 Å². The Bertz CT molecular complexity index is 1890. The average Bonchev–Trinajstić information content (AvgIpc) is 3.83. The molecule has 3 heterocycles. The molecule has 2 aliphatic rings. The molecule has 3 aromatic carbocycles. The van der Waals surface area contributed by atoms with Gasteiger partial charge in [0, 0.05) is 30.8 Å². The van der Waals surface area contributed by atoms with Gasteiger partial charge in [-0.25, -0.2) is 17.7 Å². The zero-order chi connectivity index (χ0) is 32.5. The van der Waals surface area contributed by atoms with Crippen molar-refractivity contribution in [1.82, 2.24) is 15.2 Å². The van der Waals surface area contributed by atoms with Crippen LogP contribution in [0.25, 0.3) is 0 Å². The lowest BCUT2D eigenvalue weighted by Gasteiger charge is -2.41. The number of hydrogen-bond acceptors (Lipinski definition) is 11. The number of rotatable bonds is 11. The Morgan fingerprint density at radius 3 is 2.59 bits per heavy atom. The van der Waals surface area contributed by atoms with Gasteiger partial charge in [-0.15, -0.1) is 0 Å². The van der Waals surface area contributed by atoms with E-state index in [1.807, 2.05) is 17.0 Å². The highest BCUT2D eigenvalue weighted by atomic mass is 32.2. The Morgan fingerprint density at radius 1 is 1.11 bits per heavy atom. The number of aliphatic hydroxyl groups is 1. The summed E-state index contributed by atoms with van der Waals surface area (Å²) < 4.78 is 46.7. The van der Waals surface area contributed by atoms with Crippen LogP contribution in [0.15, 0.2) is 82.4 Å². The molecule has 2 N–H and O–H groups in total. The molecule has 4 aromatic rings. The van der Waals surface area contributed by atoms with E-state index in [4.69, 9.17) is 13.9 Å². The van der Waals surface area contributed by atoms with Gasteiger partial charge in [0.15, 0.2) is 5.54 Å². The van der Waals surface area contributed by atoms with Crippen molar-refractivity contribution in [2.45, 2.75) is 35.9 Å². The Balaban J connectivity index is 1.66. The van der Waals surface area contributed by atoms with E-state index in [2.05, 4.69) is 16.4 Å². The first-order chi connectivity index (χ1) is 22.3. The molecular formula is C33H33N5O7S. The fraction of sp³-hybridized carbons (Fsp3) is 0.303. The van der Waals surface area contributed by atoms with Crippen LogP contribution in [0.2, 0.25) is 0 Å². The van der Waals surface area contributed by atoms with Crippen molar-refractivity contribution in [3.05, 3.63) is 101 Å². The van der Waals surface area contributed by atoms with Crippen LogP contribution in [0.4, 0.5) is 5.69 Å². The summed E-state index contributed by atoms with van der Waals surface area (Å²) in [5.74, 6) is 0.459. The number of carbonyl (C=O) groups is 1. The molecular weight excluding hydrogens is 610 g/mol. The lowest BCUT2D eigenvalue weighted by atomic mass is 9.79. The molecule has 0 radical (unpaired) electrons. The van der Waals surface area contributed by atoms with Crippen LogP contribution in [-0.4, -0.2) is 63.2 Å². The second-order valence-corrected chi connectivity index (χ2v) is 12.7. The Morgan fingerprint density at radius 2 is 1.91 bits per heavy atom. The minimum Gasteiger partial charge on any atom is -0.497 e. The molecule has 1 fully saturated rings. The molecule has 0 bridgehead atoms. The number of nitriles is 1. The van der Waals surface area contributed by atoms with Gasteiger partial charge in [-0.2, -0.15) is 5.26 Å². The van der Waals surface area contributed by atoms with Crippen LogP contribution >= 0.6 is 0 Å². The molecule has 1 amide bonds. The molecule has 6 rings (SSSR count). The largest absolute Gasteiger partial charge is 0.497 e. The third-order valence-corrected chi connectivity index (χ3v) is 10.2. The number of nitrogens with zero attached hydrogens (tertiary/aromatic N) is 4. The molecule has 46 heavy (non-hydrogen) atoms. The molecule has 0 saturated carbocycles. The highest BCUT2D eigenvalue weighted by Crippen LogP contribution is 2.56. The van der Waals surface area contributed by atoms with E-state index in [0.717, 1.165) is 9.87 Å². The topological polar surface area (TPSA) is 158 Å². The Labute approximate surface area is 266 Å². The van der Waals surface area contributed by atoms with Gasteiger partial charge < -0.3 is 24.3 Å². The second-order valence-electron chi connectivity index (χ2n) is 11.0. The fourth-order valence-corrected chi connectivity index (χ4v) is 7.97. The van der Waals surface area contributed by atoms with Crippen LogP contribution in [0.3, 0.4) is 0 Å². The first kappa shape index (κ1) is 31.3. The summed E-state index contributed by atoms with van der Waals surface area (Å²) in [6, 6.07) is 17.5. The van der Waals surface area contributed by atoms with Crippen molar-refractivity contribution in [1.29, 1.82) is 5.26 Å². The number of likely N-dealkylation sites (tertiary alicyclic amines) is 1. The number of sulfonamides is 1. The monoisotopic (exact) mass is 643 g/mol. The molecule has 0 aliphatic carbocycles. The first-order valence-corrected chi connectivity index (χ1v) is 16.2. The van der Waals surface area contributed by atoms with Crippen molar-refractivity contribution in [3.63, 3.8) is 0 Å². The summed E-state index contributed by atoms with van der Waals surface area (Å²) in [5.41, 5.74) is 0.125. The number of benzene rings is 3. The van der Waals surface area contributed by atoms with E-state index < -0.39 is 27.5 Å². The molecule has 1 saturated heterocycles. The maximum atomic E-state index is 15.4. The number of oxazole rings is 1. The van der Waals surface area contributed by atoms with Crippen molar-refractivity contribution in [2.75, 3.05) is 38.2 Å². The number of amides is 1. The second kappa shape index (κ2) is 12.6. The molecule has 1 aromatic heterocycles. The Kier molecular flexibility index (Phi) is 8.54. The van der Waals surface area contributed by atoms with E-state index in [1.54, 1.807) is 12.1 Å². The zero-order valence-electron chi connectivity index (χ0n) is 25.3. The summed E-state index contributed by atoms with van der Waals surface area (Å²) >= 11 is 0. The van der Waals surface area contributed by atoms with Crippen molar-refractivity contribution in [3.8, 4) is 17.6 Å². The van der Waals surface area contributed by atoms with E-state index in [1.165, 1.54) is 63.1 Å². The number of nitrogens with one attached hydrogen (secondary N) is 1. The lowest BCUT2D eigenvalue weighted by molar-refractivity contribution is -0.127. The van der Waals surface area contributed by atoms with Gasteiger partial charge in [0.05, 0.1) is 55.3 Å². The third kappa shape index (κ3) is 5.00. The molecule has 13 heteroatoms. The number of aliphatic hydroxyl groups excluding tert-OH is 1. The quantitative estimate of drug-likeness (QED) is 0.231. The van der Waals surface area contributed by atoms with Gasteiger partial charge in [-0.1, -0.05) is 6.07 Å². The minimum atomic E-state index is -4.47. The summed E-state index contributed by atoms with van der Waals surface area (Å²) in [6.45, 7) is 1.05. The van der Waals surface area contributed by atoms with Gasteiger partial charge >= 0.3 is 0 Å². The van der Waals surface area contributed by atoms with E-state index in [-0.39, 0.29) is 22.8 Å². The van der Waals surface area contributed by atoms with Gasteiger partial charge in [-0.05, 0) is 73.0 Å². The van der Waals surface area contributed by atoms with Crippen LogP contribution < -0.4 is 19.1 Å². The fourth-order valence-electron chi connectivity index (χ4n) is 6.51. The number of carbonyl (C=O) groups excluding carboxylic acids is 1. The number of fused-ring (bicyclic) bond motifs is 1. The van der Waals surface area contributed by atoms with Gasteiger partial charge in [0.25, 0.3) is 15.9 Å². The predicted octanol–water partition coefficient (Wildman–Crippen LogP) is 3.46. The van der Waals surface area contributed by atoms with E-state index in [0.29, 0.717) is 61.0 Å². The number of anilines is 1. The van der Waals surface area contributed by atoms with E-state index >= 15 is 4.79 Å². The normalized spacial score (nSPS) is 19.7. The number of ether oxygens (including phenoxy) is 2. The first-order valence-electron chi connectivity index (χ1n) is 14.7. The average molecular weight is 644 g/mol. The van der Waals surface area contributed by atoms with Crippen LogP contribution in [-0.2, 0) is 26.9 Å². The zero-order valence-corrected chi connectivity index (χ0v) is 26.2. The number of hydrogen-bond donors (Lipinski definition) is 2. The SMILES string of the molecule is COc1ccc(S(=O)(=O)N2C(=O)C(c3cc(CNCCO)ccc3OC)(N3CCC[C@H]3c3ncco3)c3cc(C#N)ccc32)cc1. The van der Waals surface area contributed by atoms with Crippen LogP contribution in [0.1, 0.15) is 47.0 Å². The molecule has 2 aliphatic heterocycles. The van der Waals surface area contributed by atoms with Gasteiger partial charge in [-0.3, -0.25) is 9.69 Å². The molecule has 12 nitrogen and oxygen atoms in total. The number of methoxy groups -OCH3 is 2. The van der Waals surface area contributed by atoms with Crippen LogP contribution in [0, 0.1) is 11.3 Å².